The molecule has 708 valence electrons. The molecular weight excluding hydrogens is 1960 g/mol. The molecule has 2 aromatic heterocycles. The van der Waals surface area contributed by atoms with Crippen LogP contribution in [-0.2, 0) is 12.8 Å². The lowest BCUT2D eigenvalue weighted by Gasteiger charge is -2.39. The first-order valence-electron chi connectivity index (χ1n) is 46.7. The molecule has 0 unspecified atom stereocenters. The number of aliphatic hydroxyl groups excluding tert-OH is 2. The van der Waals surface area contributed by atoms with Crippen LogP contribution in [0, 0.1) is 17.8 Å². The van der Waals surface area contributed by atoms with Gasteiger partial charge in [-0.1, -0.05) is 76.4 Å². The SMILES string of the molecule is Brc1ccc2c(c1)-c1c(ncnc1NC1CCC(N3CCSCC3)CC1)C2.CC1CCC(N)CC1.CC1CCC(N2CCSCC2)CC1.CC1CCC(N2CCSCC2)CC1.Cl.ClCCSCCCl.ClCCSCCCl.Clc1ncnc2c1-c1cc(Br)ccc1C2.NC1CCC(N2CCSCC2)CC1.NC1CCC(N2CCSCC2)CC1.OCCSCCO. The van der Waals surface area contributed by atoms with Crippen molar-refractivity contribution in [3.05, 3.63) is 85.7 Å². The number of anilines is 1. The Bertz CT molecular complexity index is 3190. The van der Waals surface area contributed by atoms with Gasteiger partial charge in [-0.25, -0.2) is 19.9 Å². The number of thioether (sulfide) groups is 8. The molecule has 7 heterocycles. The van der Waals surface area contributed by atoms with Crippen molar-refractivity contribution < 1.29 is 10.2 Å². The van der Waals surface area contributed by atoms with Crippen molar-refractivity contribution >= 4 is 202 Å². The lowest BCUT2D eigenvalue weighted by Crippen LogP contribution is -2.44. The van der Waals surface area contributed by atoms with Crippen molar-refractivity contribution in [2.45, 2.75) is 242 Å². The predicted octanol–water partition coefficient (Wildman–Crippen LogP) is 21.9. The van der Waals surface area contributed by atoms with Gasteiger partial charge in [0, 0.05) is 268 Å². The molecule has 4 aromatic rings. The number of aliphatic hydroxyl groups is 2. The highest BCUT2D eigenvalue weighted by Gasteiger charge is 2.33. The number of alkyl halides is 4. The van der Waals surface area contributed by atoms with Crippen molar-refractivity contribution in [2.75, 3.05) is 200 Å². The van der Waals surface area contributed by atoms with Gasteiger partial charge in [-0.15, -0.1) is 58.8 Å². The minimum absolute atomic E-state index is 0. The monoisotopic (exact) mass is 2110 g/mol. The Morgan fingerprint density at radius 3 is 0.976 bits per heavy atom. The van der Waals surface area contributed by atoms with Crippen LogP contribution in [0.25, 0.3) is 22.3 Å². The molecule has 0 amide bonds. The fraction of sp³-hybridized carbons (Fsp3) is 0.785. The molecule has 13 aliphatic rings. The molecule has 6 saturated carbocycles. The lowest BCUT2D eigenvalue weighted by atomic mass is 9.86. The van der Waals surface area contributed by atoms with E-state index in [1.807, 2.05) is 6.07 Å². The summed E-state index contributed by atoms with van der Waals surface area (Å²) in [5, 5.41) is 20.7. The number of nitrogens with two attached hydrogens (primary N) is 3. The Labute approximate surface area is 832 Å². The van der Waals surface area contributed by atoms with E-state index in [9.17, 15) is 0 Å². The average Bonchev–Trinajstić information content (AvgIpc) is 1.61. The highest BCUT2D eigenvalue weighted by Crippen LogP contribution is 2.43. The Kier molecular flexibility index (Phi) is 61.4. The van der Waals surface area contributed by atoms with E-state index in [1.54, 1.807) is 41.6 Å². The summed E-state index contributed by atoms with van der Waals surface area (Å²) >= 11 is 50.3. The Morgan fingerprint density at radius 2 is 0.661 bits per heavy atom. The minimum atomic E-state index is 0. The molecule has 17 rings (SSSR count). The van der Waals surface area contributed by atoms with Gasteiger partial charge in [-0.2, -0.15) is 94.1 Å². The van der Waals surface area contributed by atoms with Gasteiger partial charge in [0.25, 0.3) is 0 Å². The zero-order valence-corrected chi connectivity index (χ0v) is 89.3. The second-order valence-electron chi connectivity index (χ2n) is 34.9. The fourth-order valence-electron chi connectivity index (χ4n) is 18.6. The Balaban J connectivity index is 0.000000195. The summed E-state index contributed by atoms with van der Waals surface area (Å²) in [7, 11) is 0. The van der Waals surface area contributed by atoms with E-state index in [0.29, 0.717) is 29.3 Å². The van der Waals surface area contributed by atoms with E-state index in [1.165, 1.54) is 306 Å². The molecule has 0 atom stereocenters. The van der Waals surface area contributed by atoms with E-state index in [-0.39, 0.29) is 25.6 Å². The summed E-state index contributed by atoms with van der Waals surface area (Å²) in [4.78, 5) is 31.0. The maximum absolute atomic E-state index is 8.19. The predicted molar refractivity (Wildman–Crippen MR) is 570 cm³/mol. The molecule has 5 aliphatic heterocycles. The van der Waals surface area contributed by atoms with Crippen LogP contribution >= 0.6 is 196 Å². The van der Waals surface area contributed by atoms with E-state index in [0.717, 1.165) is 156 Å². The second-order valence-corrected chi connectivity index (χ2v) is 48.4. The van der Waals surface area contributed by atoms with Crippen molar-refractivity contribution in [3.8, 4) is 22.3 Å². The highest BCUT2D eigenvalue weighted by molar-refractivity contribution is 9.10. The average molecular weight is 2120 g/mol. The number of hydrogen-bond donors (Lipinski definition) is 6. The van der Waals surface area contributed by atoms with Gasteiger partial charge in [-0.3, -0.25) is 24.5 Å². The van der Waals surface area contributed by atoms with E-state index >= 15 is 0 Å². The van der Waals surface area contributed by atoms with E-state index in [2.05, 4.69) is 192 Å². The number of benzene rings is 2. The maximum atomic E-state index is 8.19. The quantitative estimate of drug-likeness (QED) is 0.0254. The molecular formula is C93H155Br2Cl6N13O2S8. The van der Waals surface area contributed by atoms with Crippen molar-refractivity contribution in [1.82, 2.24) is 44.4 Å². The third-order valence-electron chi connectivity index (χ3n) is 25.9. The van der Waals surface area contributed by atoms with Gasteiger partial charge in [0.15, 0.2) is 0 Å². The van der Waals surface area contributed by atoms with Gasteiger partial charge < -0.3 is 32.7 Å². The molecule has 0 radical (unpaired) electrons. The van der Waals surface area contributed by atoms with E-state index < -0.39 is 0 Å². The molecule has 0 spiro atoms. The van der Waals surface area contributed by atoms with Crippen molar-refractivity contribution in [2.24, 2.45) is 35.0 Å². The summed E-state index contributed by atoms with van der Waals surface area (Å²) in [6.45, 7) is 20.7. The number of fused-ring (bicyclic) bond motifs is 6. The molecule has 8 aliphatic carbocycles. The van der Waals surface area contributed by atoms with Crippen molar-refractivity contribution in [3.63, 3.8) is 0 Å². The number of aromatic nitrogens is 4. The first-order chi connectivity index (χ1) is 60.0. The third-order valence-corrected chi connectivity index (χ3v) is 36.5. The standard InChI is InChI=1S/C21H25BrN4S.C11H6BrClN2.2C11H21NS.2C10H20N2S.C7H15N.2C4H8Cl2S.C4H10O2S.ClH/c22-15-2-1-14-11-19-20(18(14)12-15)21(24-13-23-19)25-16-3-5-17(6-4-16)26-7-9-27-10-8-26;12-7-2-1-6-3-9-10(8(6)4-7)11(13)15-5-14-9;2*1-10-2-4-11(5-3-10)12-6-8-13-9-7-12;2*11-9-1-3-10(4-2-9)12-5-7-13-8-6-12;1-6-2-4-7(8)5-3-6;3*5-1-3-7-4-2-6;/h1-2,12-13,16-17H,3-11H2,(H,23,24,25);1-2,4-5H,3H2;2*10-11H,2-9H2,1H3;2*9-10H,1-8,11H2;6-7H,2-5,8H2,1H3;2*1-4H2;5-6H,1-4H2;1H. The number of halogens is 8. The molecule has 5 saturated heterocycles. The second kappa shape index (κ2) is 67.7. The summed E-state index contributed by atoms with van der Waals surface area (Å²) in [6, 6.07) is 19.2. The molecule has 124 heavy (non-hydrogen) atoms. The van der Waals surface area contributed by atoms with Gasteiger partial charge in [0.2, 0.25) is 0 Å². The molecule has 0 bridgehead atoms. The molecule has 9 N–H and O–H groups in total. The van der Waals surface area contributed by atoms with Gasteiger partial charge in [-0.05, 0) is 218 Å². The topological polar surface area (TPSA) is 198 Å². The Morgan fingerprint density at radius 1 is 0.387 bits per heavy atom. The molecule has 15 nitrogen and oxygen atoms in total. The van der Waals surface area contributed by atoms with Crippen LogP contribution in [0.5, 0.6) is 0 Å². The molecule has 31 heteroatoms. The molecule has 11 fully saturated rings. The third kappa shape index (κ3) is 43.0. The Hall–Kier alpha value is 1.50. The van der Waals surface area contributed by atoms with E-state index in [4.69, 9.17) is 85.4 Å². The summed E-state index contributed by atoms with van der Waals surface area (Å²) in [6.07, 6.45) is 37.3. The van der Waals surface area contributed by atoms with Gasteiger partial charge in [0.1, 0.15) is 23.6 Å². The number of nitrogens with one attached hydrogen (secondary N) is 1. The first-order valence-corrected chi connectivity index (χ1v) is 60.1. The summed E-state index contributed by atoms with van der Waals surface area (Å²) < 4.78 is 2.16. The summed E-state index contributed by atoms with van der Waals surface area (Å²) in [5.74, 6) is 25.9. The van der Waals surface area contributed by atoms with Gasteiger partial charge in [0.05, 0.1) is 24.6 Å². The number of rotatable bonds is 19. The largest absolute Gasteiger partial charge is 0.396 e. The molecule has 2 aromatic carbocycles. The van der Waals surface area contributed by atoms with Crippen LogP contribution in [0.4, 0.5) is 5.82 Å². The van der Waals surface area contributed by atoms with Crippen LogP contribution in [0.15, 0.2) is 58.0 Å². The first kappa shape index (κ1) is 112. The number of hydrogen-bond acceptors (Lipinski definition) is 23. The maximum Gasteiger partial charge on any atom is 0.140 e. The zero-order valence-electron chi connectivity index (χ0n) is 75.0. The van der Waals surface area contributed by atoms with Crippen LogP contribution < -0.4 is 22.5 Å². The van der Waals surface area contributed by atoms with Crippen LogP contribution in [0.3, 0.4) is 0 Å². The zero-order chi connectivity index (χ0) is 87.6. The van der Waals surface area contributed by atoms with Crippen molar-refractivity contribution in [1.29, 1.82) is 0 Å². The van der Waals surface area contributed by atoms with Crippen LogP contribution in [0.1, 0.15) is 197 Å². The van der Waals surface area contributed by atoms with Crippen LogP contribution in [-0.4, -0.2) is 303 Å². The fourth-order valence-corrected chi connectivity index (χ4v) is 26.8. The lowest BCUT2D eigenvalue weighted by molar-refractivity contribution is 0.153. The smallest absolute Gasteiger partial charge is 0.140 e. The van der Waals surface area contributed by atoms with Crippen LogP contribution in [0.2, 0.25) is 5.15 Å². The normalized spacial score (nSPS) is 26.9. The summed E-state index contributed by atoms with van der Waals surface area (Å²) in [5.41, 5.74) is 26.9. The highest BCUT2D eigenvalue weighted by atomic mass is 79.9. The van der Waals surface area contributed by atoms with Gasteiger partial charge >= 0.3 is 0 Å². The minimum Gasteiger partial charge on any atom is -0.396 e. The number of nitrogens with zero attached hydrogens (tertiary/aromatic N) is 9.